The molecule has 186 valence electrons. The van der Waals surface area contributed by atoms with Crippen LogP contribution in [-0.4, -0.2) is 33.9 Å². The van der Waals surface area contributed by atoms with E-state index in [1.165, 1.54) is 0 Å². The molecule has 3 aromatic rings. The van der Waals surface area contributed by atoms with E-state index in [0.717, 1.165) is 90.2 Å². The summed E-state index contributed by atoms with van der Waals surface area (Å²) in [5, 5.41) is 17.0. The second-order valence-corrected chi connectivity index (χ2v) is 10.3. The van der Waals surface area contributed by atoms with Gasteiger partial charge in [0.1, 0.15) is 0 Å². The number of Topliss-reactive ketones (excluding diaryl/α,β-unsaturated/α-hetero) is 1. The van der Waals surface area contributed by atoms with Gasteiger partial charge in [0.25, 0.3) is 0 Å². The van der Waals surface area contributed by atoms with Crippen LogP contribution in [0.3, 0.4) is 0 Å². The van der Waals surface area contributed by atoms with E-state index in [4.69, 9.17) is 20.3 Å². The summed E-state index contributed by atoms with van der Waals surface area (Å²) in [5.74, 6) is 0.462. The normalized spacial score (nSPS) is 25.1. The molecule has 1 N–H and O–H groups in total. The summed E-state index contributed by atoms with van der Waals surface area (Å²) in [6.07, 6.45) is 7.22. The predicted octanol–water partition coefficient (Wildman–Crippen LogP) is 3.13. The van der Waals surface area contributed by atoms with Crippen molar-refractivity contribution >= 4 is 52.6 Å². The van der Waals surface area contributed by atoms with Crippen molar-refractivity contribution in [2.45, 2.75) is 61.0 Å². The molecule has 0 unspecified atom stereocenters. The Labute approximate surface area is 233 Å². The smallest absolute Gasteiger partial charge is 0.664 e. The summed E-state index contributed by atoms with van der Waals surface area (Å²) in [6.45, 7) is 12.5. The molecule has 0 spiro atoms. The van der Waals surface area contributed by atoms with Crippen LogP contribution in [0, 0.1) is 32.6 Å². The molecule has 1 saturated heterocycles. The van der Waals surface area contributed by atoms with Crippen LogP contribution in [0.4, 0.5) is 0 Å². The van der Waals surface area contributed by atoms with E-state index in [1.807, 2.05) is 32.1 Å². The third-order valence-corrected chi connectivity index (χ3v) is 8.45. The minimum absolute atomic E-state index is 0. The molecule has 0 amide bonds. The Bertz CT molecular complexity index is 1640. The number of hydrogen-bond acceptors (Lipinski definition) is 2. The number of ketones is 1. The van der Waals surface area contributed by atoms with E-state index in [9.17, 15) is 9.90 Å². The van der Waals surface area contributed by atoms with Crippen molar-refractivity contribution in [3.8, 4) is 0 Å². The molecule has 6 nitrogen and oxygen atoms in total. The molecule has 0 radical (unpaired) electrons. The maximum absolute atomic E-state index is 13.2. The molecular weight excluding hydrogens is 473 g/mol. The molecule has 37 heavy (non-hydrogen) atoms. The number of rotatable bonds is 2. The van der Waals surface area contributed by atoms with Gasteiger partial charge in [-0.1, -0.05) is 66.8 Å². The fourth-order valence-electron chi connectivity index (χ4n) is 5.97. The average molecular weight is 503 g/mol. The fraction of sp³-hybridized carbons (Fsp3) is 0.367. The van der Waals surface area contributed by atoms with Crippen molar-refractivity contribution in [1.82, 2.24) is 15.0 Å². The quantitative estimate of drug-likeness (QED) is 0.543. The van der Waals surface area contributed by atoms with E-state index in [1.54, 1.807) is 0 Å². The Morgan fingerprint density at radius 1 is 0.865 bits per heavy atom. The molecule has 1 aliphatic carbocycles. The molecule has 2 aliphatic heterocycles. The zero-order valence-electron chi connectivity index (χ0n) is 22.4. The van der Waals surface area contributed by atoms with Gasteiger partial charge in [0.2, 0.25) is 0 Å². The van der Waals surface area contributed by atoms with Gasteiger partial charge in [-0.05, 0) is 44.6 Å². The molecule has 8 bridgehead atoms. The molecule has 6 rings (SSSR count). The van der Waals surface area contributed by atoms with Crippen molar-refractivity contribution in [2.24, 2.45) is 11.8 Å². The second kappa shape index (κ2) is 9.22. The summed E-state index contributed by atoms with van der Waals surface area (Å²) in [6, 6.07) is 0. The zero-order chi connectivity index (χ0) is 25.5. The van der Waals surface area contributed by atoms with Gasteiger partial charge in [-0.2, -0.15) is 11.4 Å². The number of hydrogen-bond donors (Lipinski definition) is 1. The zero-order valence-corrected chi connectivity index (χ0v) is 23.8. The van der Waals surface area contributed by atoms with Gasteiger partial charge in [-0.15, -0.1) is 33.5 Å². The first-order valence-corrected chi connectivity index (χ1v) is 12.7. The molecule has 7 heteroatoms. The van der Waals surface area contributed by atoms with E-state index in [-0.39, 0.29) is 47.3 Å². The predicted molar refractivity (Wildman–Crippen MR) is 146 cm³/mol. The van der Waals surface area contributed by atoms with Crippen LogP contribution < -0.4 is 25.7 Å². The Hall–Kier alpha value is -2.74. The van der Waals surface area contributed by atoms with Crippen molar-refractivity contribution in [2.75, 3.05) is 0 Å². The first kappa shape index (κ1) is 25.9. The van der Waals surface area contributed by atoms with E-state index in [2.05, 4.69) is 27.7 Å². The van der Waals surface area contributed by atoms with Gasteiger partial charge in [0.05, 0.1) is 6.61 Å². The molecule has 5 heterocycles. The Balaban J connectivity index is 0.00000280. The molecule has 2 atom stereocenters. The molecule has 3 aromatic heterocycles. The van der Waals surface area contributed by atoms with Crippen LogP contribution in [-0.2, 0) is 13.0 Å². The van der Waals surface area contributed by atoms with Gasteiger partial charge in [0, 0.05) is 12.0 Å². The summed E-state index contributed by atoms with van der Waals surface area (Å²) in [7, 11) is 0. The Morgan fingerprint density at radius 3 is 2.27 bits per heavy atom. The standard InChI is InChI=1S/C30H31N4O2.Mg/c1-7-18-15(4)23-10-26-20(12-35)16(5)22(32-26)9-21-13(2)14(3)29(33-21)19-8-27(36)28-17(6)24(34-30(19)28)11-25(18)31-23;/h9-11,13-14,35H,7-8,12H2,1-6H3,(H-,33,34,36);/q-3;+2/p-1/b21-9-,23-10-,25-11-;/t13-,14-;/m0./s1. The number of carbonyl (C=O) groups is 1. The topological polar surface area (TPSA) is 93.7 Å². The summed E-state index contributed by atoms with van der Waals surface area (Å²) in [5.41, 5.74) is 11.7. The maximum Gasteiger partial charge on any atom is 2.00 e. The number of allylic oxidation sites excluding steroid dienone is 3. The first-order valence-electron chi connectivity index (χ1n) is 12.7. The van der Waals surface area contributed by atoms with Crippen LogP contribution in [0.15, 0.2) is 11.4 Å². The van der Waals surface area contributed by atoms with E-state index >= 15 is 0 Å². The number of nitrogens with zero attached hydrogens (tertiary/aromatic N) is 4. The van der Waals surface area contributed by atoms with E-state index < -0.39 is 0 Å². The minimum Gasteiger partial charge on any atom is -0.664 e. The number of aliphatic hydroxyl groups is 1. The summed E-state index contributed by atoms with van der Waals surface area (Å²) < 4.78 is 0. The van der Waals surface area contributed by atoms with Gasteiger partial charge in [-0.3, -0.25) is 4.79 Å². The Morgan fingerprint density at radius 2 is 1.57 bits per heavy atom. The van der Waals surface area contributed by atoms with Crippen LogP contribution in [0.5, 0.6) is 0 Å². The van der Waals surface area contributed by atoms with Crippen LogP contribution in [0.2, 0.25) is 0 Å². The van der Waals surface area contributed by atoms with Gasteiger partial charge in [-0.25, -0.2) is 0 Å². The maximum atomic E-state index is 13.2. The fourth-order valence-corrected chi connectivity index (χ4v) is 5.97. The summed E-state index contributed by atoms with van der Waals surface area (Å²) >= 11 is 0. The molecule has 1 fully saturated rings. The molecule has 0 saturated carbocycles. The van der Waals surface area contributed by atoms with Crippen LogP contribution in [0.25, 0.3) is 29.1 Å². The third kappa shape index (κ3) is 3.74. The van der Waals surface area contributed by atoms with Crippen molar-refractivity contribution in [3.63, 3.8) is 0 Å². The van der Waals surface area contributed by atoms with Gasteiger partial charge < -0.3 is 25.4 Å². The second-order valence-electron chi connectivity index (χ2n) is 10.3. The van der Waals surface area contributed by atoms with Crippen LogP contribution in [0.1, 0.15) is 88.1 Å². The first-order chi connectivity index (χ1) is 17.2. The SMILES string of the molecule is CCc1c(C)/c2[n-]/c1=C\c1[n-]c3c(c1C)C(=O)C/C3=C1/[N-]/C(=C\c3[n-]c(c(CO)c3C)\C=2)[C@@H](C)[C@@H]1C.[Mg+2]. The Kier molecular flexibility index (Phi) is 6.45. The number of fused-ring (bicyclic) bond motifs is 7. The molecule has 0 aromatic carbocycles. The van der Waals surface area contributed by atoms with Crippen LogP contribution >= 0.6 is 0 Å². The number of aliphatic hydroxyl groups excluding tert-OH is 1. The van der Waals surface area contributed by atoms with Gasteiger partial charge >= 0.3 is 23.1 Å². The van der Waals surface area contributed by atoms with Crippen molar-refractivity contribution in [1.29, 1.82) is 0 Å². The van der Waals surface area contributed by atoms with Crippen molar-refractivity contribution < 1.29 is 9.90 Å². The van der Waals surface area contributed by atoms with E-state index in [0.29, 0.717) is 6.42 Å². The minimum atomic E-state index is -0.0877. The number of carbonyl (C=O) groups excluding carboxylic acids is 1. The van der Waals surface area contributed by atoms with Gasteiger partial charge in [0.15, 0.2) is 5.78 Å². The van der Waals surface area contributed by atoms with Crippen molar-refractivity contribution in [3.05, 3.63) is 83.6 Å². The largest absolute Gasteiger partial charge is 2.00 e. The average Bonchev–Trinajstić information content (AvgIpc) is 3.58. The molecule has 3 aliphatic rings. The molecular formula is C30H30MgN4O2-2. The monoisotopic (exact) mass is 502 g/mol. The summed E-state index contributed by atoms with van der Waals surface area (Å²) in [4.78, 5) is 28.0. The number of aromatic nitrogens is 3. The third-order valence-electron chi connectivity index (χ3n) is 8.45.